The van der Waals surface area contributed by atoms with Crippen molar-refractivity contribution >= 4 is 23.9 Å². The van der Waals surface area contributed by atoms with Crippen molar-refractivity contribution in [2.75, 3.05) is 0 Å². The Labute approximate surface area is 82.0 Å². The van der Waals surface area contributed by atoms with Crippen LogP contribution in [0.1, 0.15) is 12.8 Å². The SMILES string of the molecule is O=C([O-])CC(=O)OOOC(=O)CC(=O)O. The summed E-state index contributed by atoms with van der Waals surface area (Å²) in [5, 5.41) is 21.4. The summed E-state index contributed by atoms with van der Waals surface area (Å²) < 4.78 is 0. The lowest BCUT2D eigenvalue weighted by Crippen LogP contribution is -2.26. The number of rotatable bonds is 6. The fourth-order valence-corrected chi connectivity index (χ4v) is 0.393. The molecule has 0 aliphatic carbocycles. The van der Waals surface area contributed by atoms with Crippen molar-refractivity contribution in [1.29, 1.82) is 0 Å². The van der Waals surface area contributed by atoms with Crippen molar-refractivity contribution in [2.24, 2.45) is 0 Å². The van der Waals surface area contributed by atoms with Crippen LogP contribution in [0.2, 0.25) is 0 Å². The monoisotopic (exact) mass is 221 g/mol. The molecular formula is C6H5O9-. The zero-order valence-electron chi connectivity index (χ0n) is 7.13. The topological polar surface area (TPSA) is 139 Å². The molecule has 9 heteroatoms. The highest BCUT2D eigenvalue weighted by molar-refractivity contribution is 5.90. The Morgan fingerprint density at radius 1 is 1.00 bits per heavy atom. The van der Waals surface area contributed by atoms with Gasteiger partial charge in [-0.3, -0.25) is 14.6 Å². The zero-order chi connectivity index (χ0) is 11.8. The highest BCUT2D eigenvalue weighted by Gasteiger charge is 2.12. The van der Waals surface area contributed by atoms with Gasteiger partial charge in [-0.15, -0.1) is 0 Å². The first-order valence-electron chi connectivity index (χ1n) is 3.40. The lowest BCUT2D eigenvalue weighted by molar-refractivity contribution is -0.459. The maximum Gasteiger partial charge on any atom is 0.357 e. The van der Waals surface area contributed by atoms with Gasteiger partial charge in [0, 0.05) is 5.04 Å². The summed E-state index contributed by atoms with van der Waals surface area (Å²) in [4.78, 5) is 47.7. The third-order valence-electron chi connectivity index (χ3n) is 0.838. The molecule has 0 fully saturated rings. The molecule has 0 aromatic heterocycles. The normalized spacial score (nSPS) is 9.07. The van der Waals surface area contributed by atoms with Crippen molar-refractivity contribution in [3.63, 3.8) is 0 Å². The molecule has 0 aliphatic rings. The summed E-state index contributed by atoms with van der Waals surface area (Å²) in [5.74, 6) is -5.85. The van der Waals surface area contributed by atoms with Crippen LogP contribution in [0.25, 0.3) is 0 Å². The van der Waals surface area contributed by atoms with Gasteiger partial charge in [0.15, 0.2) is 0 Å². The van der Waals surface area contributed by atoms with Crippen LogP contribution in [0.4, 0.5) is 0 Å². The molecular weight excluding hydrogens is 216 g/mol. The molecule has 0 aromatic carbocycles. The van der Waals surface area contributed by atoms with E-state index in [4.69, 9.17) is 5.11 Å². The predicted octanol–water partition coefficient (Wildman–Crippen LogP) is -2.47. The van der Waals surface area contributed by atoms with Crippen LogP contribution >= 0.6 is 0 Å². The standard InChI is InChI=1S/C6H6O9/c7-3(8)1-5(11)13-15-14-6(12)2-4(9)10/h1-2H2,(H,7,8)(H,9,10)/p-1. The first-order chi connectivity index (χ1) is 6.91. The average molecular weight is 221 g/mol. The van der Waals surface area contributed by atoms with Gasteiger partial charge >= 0.3 is 17.9 Å². The Hall–Kier alpha value is -2.16. The molecule has 0 rings (SSSR count). The average Bonchev–Trinajstić information content (AvgIpc) is 2.00. The van der Waals surface area contributed by atoms with Crippen LogP contribution in [-0.4, -0.2) is 29.0 Å². The summed E-state index contributed by atoms with van der Waals surface area (Å²) in [6, 6.07) is 0. The Morgan fingerprint density at radius 2 is 1.47 bits per heavy atom. The summed E-state index contributed by atoms with van der Waals surface area (Å²) in [5.41, 5.74) is 0. The first kappa shape index (κ1) is 12.8. The van der Waals surface area contributed by atoms with Gasteiger partial charge in [-0.1, -0.05) is 0 Å². The lowest BCUT2D eigenvalue weighted by Gasteiger charge is -2.01. The van der Waals surface area contributed by atoms with Crippen molar-refractivity contribution < 1.29 is 44.2 Å². The Balaban J connectivity index is 3.61. The van der Waals surface area contributed by atoms with Crippen LogP contribution in [-0.2, 0) is 34.0 Å². The van der Waals surface area contributed by atoms with E-state index in [-0.39, 0.29) is 0 Å². The summed E-state index contributed by atoms with van der Waals surface area (Å²) in [6.45, 7) is 0. The van der Waals surface area contributed by atoms with E-state index >= 15 is 0 Å². The number of carboxylic acids is 2. The smallest absolute Gasteiger partial charge is 0.357 e. The van der Waals surface area contributed by atoms with E-state index in [1.54, 1.807) is 0 Å². The molecule has 0 saturated carbocycles. The second-order valence-corrected chi connectivity index (χ2v) is 2.10. The number of carbonyl (C=O) groups excluding carboxylic acids is 3. The summed E-state index contributed by atoms with van der Waals surface area (Å²) in [7, 11) is 0. The Morgan fingerprint density at radius 3 is 1.87 bits per heavy atom. The summed E-state index contributed by atoms with van der Waals surface area (Å²) in [6.07, 6.45) is -2.07. The van der Waals surface area contributed by atoms with E-state index in [0.29, 0.717) is 0 Å². The van der Waals surface area contributed by atoms with Gasteiger partial charge in [-0.25, -0.2) is 9.59 Å². The molecule has 15 heavy (non-hydrogen) atoms. The molecule has 84 valence electrons. The maximum atomic E-state index is 10.4. The Bertz CT molecular complexity index is 252. The molecule has 0 heterocycles. The van der Waals surface area contributed by atoms with Gasteiger partial charge in [0.1, 0.15) is 6.42 Å². The fraction of sp³-hybridized carbons (Fsp3) is 0.333. The van der Waals surface area contributed by atoms with E-state index < -0.39 is 36.7 Å². The molecule has 0 saturated heterocycles. The number of hydrogen-bond acceptors (Lipinski definition) is 8. The van der Waals surface area contributed by atoms with Crippen LogP contribution in [0, 0.1) is 0 Å². The Kier molecular flexibility index (Phi) is 5.41. The van der Waals surface area contributed by atoms with Crippen molar-refractivity contribution in [3.05, 3.63) is 0 Å². The van der Waals surface area contributed by atoms with Gasteiger partial charge in [-0.2, -0.15) is 0 Å². The minimum absolute atomic E-state index is 0.988. The molecule has 0 atom stereocenters. The van der Waals surface area contributed by atoms with Crippen molar-refractivity contribution in [2.45, 2.75) is 12.8 Å². The summed E-state index contributed by atoms with van der Waals surface area (Å²) >= 11 is 0. The van der Waals surface area contributed by atoms with E-state index in [1.165, 1.54) is 0 Å². The van der Waals surface area contributed by atoms with Crippen LogP contribution < -0.4 is 5.11 Å². The lowest BCUT2D eigenvalue weighted by atomic mass is 10.5. The van der Waals surface area contributed by atoms with Gasteiger partial charge in [-0.05, 0) is 0 Å². The molecule has 0 bridgehead atoms. The zero-order valence-corrected chi connectivity index (χ0v) is 7.13. The minimum Gasteiger partial charge on any atom is -0.550 e. The van der Waals surface area contributed by atoms with Gasteiger partial charge < -0.3 is 15.0 Å². The number of aliphatic carboxylic acids is 2. The molecule has 0 spiro atoms. The van der Waals surface area contributed by atoms with E-state index in [9.17, 15) is 24.3 Å². The molecule has 0 aliphatic heterocycles. The van der Waals surface area contributed by atoms with Gasteiger partial charge in [0.25, 0.3) is 0 Å². The number of hydrogen-bond donors (Lipinski definition) is 1. The highest BCUT2D eigenvalue weighted by Crippen LogP contribution is 1.91. The molecule has 0 radical (unpaired) electrons. The largest absolute Gasteiger partial charge is 0.550 e. The molecule has 9 nitrogen and oxygen atoms in total. The molecule has 0 amide bonds. The second kappa shape index (κ2) is 6.32. The van der Waals surface area contributed by atoms with E-state index in [0.717, 1.165) is 0 Å². The van der Waals surface area contributed by atoms with Crippen molar-refractivity contribution in [1.82, 2.24) is 0 Å². The predicted molar refractivity (Wildman–Crippen MR) is 35.1 cm³/mol. The van der Waals surface area contributed by atoms with Gasteiger partial charge in [0.05, 0.1) is 12.4 Å². The quantitative estimate of drug-likeness (QED) is 0.293. The maximum absolute atomic E-state index is 10.4. The third-order valence-corrected chi connectivity index (χ3v) is 0.838. The van der Waals surface area contributed by atoms with Crippen molar-refractivity contribution in [3.8, 4) is 0 Å². The first-order valence-corrected chi connectivity index (χ1v) is 3.40. The molecule has 0 unspecified atom stereocenters. The van der Waals surface area contributed by atoms with Crippen LogP contribution in [0.15, 0.2) is 0 Å². The van der Waals surface area contributed by atoms with Crippen LogP contribution in [0.3, 0.4) is 0 Å². The number of carboxylic acid groups (broad SMARTS) is 2. The van der Waals surface area contributed by atoms with E-state index in [1.807, 2.05) is 0 Å². The minimum atomic E-state index is -1.71. The van der Waals surface area contributed by atoms with Gasteiger partial charge in [0.2, 0.25) is 0 Å². The molecule has 0 aromatic rings. The fourth-order valence-electron chi connectivity index (χ4n) is 0.393. The van der Waals surface area contributed by atoms with Crippen LogP contribution in [0.5, 0.6) is 0 Å². The van der Waals surface area contributed by atoms with E-state index in [2.05, 4.69) is 14.8 Å². The second-order valence-electron chi connectivity index (χ2n) is 2.10. The molecule has 1 N–H and O–H groups in total. The highest BCUT2D eigenvalue weighted by atomic mass is 17.5. The third kappa shape index (κ3) is 8.18. The number of carbonyl (C=O) groups is 4.